The van der Waals surface area contributed by atoms with E-state index in [2.05, 4.69) is 20.8 Å². The van der Waals surface area contributed by atoms with Gasteiger partial charge in [0.1, 0.15) is 17.7 Å². The molecule has 1 aliphatic carbocycles. The van der Waals surface area contributed by atoms with Crippen LogP contribution in [0.3, 0.4) is 0 Å². The highest BCUT2D eigenvalue weighted by Gasteiger charge is 2.31. The minimum absolute atomic E-state index is 0.0880. The number of nitrogens with one attached hydrogen (secondary N) is 1. The zero-order chi connectivity index (χ0) is 17.8. The standard InChI is InChI=1S/C17H23FN6O/c1-11-21-22-23-24(11)16(9-12-5-7-14(18)8-6-12)17(25)20-15-4-2-3-13(15)10-19/h5-8,13,15-16H,2-4,9-10,19H2,1H3,(H,20,25). The number of hydrogen-bond donors (Lipinski definition) is 2. The first-order valence-electron chi connectivity index (χ1n) is 8.58. The maximum absolute atomic E-state index is 13.1. The van der Waals surface area contributed by atoms with Crippen molar-refractivity contribution in [2.45, 2.75) is 44.7 Å². The molecule has 1 amide bonds. The topological polar surface area (TPSA) is 98.7 Å². The molecular formula is C17H23FN6O. The lowest BCUT2D eigenvalue weighted by Gasteiger charge is -2.24. The smallest absolute Gasteiger partial charge is 0.245 e. The van der Waals surface area contributed by atoms with Crippen LogP contribution in [0.4, 0.5) is 4.39 Å². The molecule has 1 heterocycles. The van der Waals surface area contributed by atoms with E-state index in [0.717, 1.165) is 24.8 Å². The highest BCUT2D eigenvalue weighted by atomic mass is 19.1. The zero-order valence-electron chi connectivity index (χ0n) is 14.2. The Balaban J connectivity index is 1.79. The molecule has 134 valence electrons. The van der Waals surface area contributed by atoms with Gasteiger partial charge in [0.05, 0.1) is 0 Å². The number of amides is 1. The molecule has 0 aliphatic heterocycles. The lowest BCUT2D eigenvalue weighted by atomic mass is 10.0. The van der Waals surface area contributed by atoms with E-state index in [4.69, 9.17) is 5.73 Å². The Morgan fingerprint density at radius 2 is 2.16 bits per heavy atom. The normalized spacial score (nSPS) is 21.2. The summed E-state index contributed by atoms with van der Waals surface area (Å²) in [5.41, 5.74) is 6.65. The first-order chi connectivity index (χ1) is 12.1. The van der Waals surface area contributed by atoms with E-state index in [0.29, 0.717) is 24.7 Å². The Labute approximate surface area is 145 Å². The average molecular weight is 346 g/mol. The lowest BCUT2D eigenvalue weighted by Crippen LogP contribution is -2.44. The van der Waals surface area contributed by atoms with E-state index in [1.54, 1.807) is 19.1 Å². The maximum atomic E-state index is 13.1. The molecule has 7 nitrogen and oxygen atoms in total. The molecule has 1 fully saturated rings. The van der Waals surface area contributed by atoms with Crippen molar-refractivity contribution >= 4 is 5.91 Å². The van der Waals surface area contributed by atoms with Crippen LogP contribution in [0.1, 0.15) is 36.7 Å². The highest BCUT2D eigenvalue weighted by Crippen LogP contribution is 2.25. The number of nitrogens with zero attached hydrogens (tertiary/aromatic N) is 4. The van der Waals surface area contributed by atoms with Gasteiger partial charge < -0.3 is 11.1 Å². The molecule has 0 saturated heterocycles. The SMILES string of the molecule is Cc1nnnn1C(Cc1ccc(F)cc1)C(=O)NC1CCCC1CN. The summed E-state index contributed by atoms with van der Waals surface area (Å²) < 4.78 is 14.7. The summed E-state index contributed by atoms with van der Waals surface area (Å²) in [6.07, 6.45) is 3.43. The molecule has 1 aliphatic rings. The van der Waals surface area contributed by atoms with Crippen molar-refractivity contribution in [2.75, 3.05) is 6.54 Å². The Kier molecular flexibility index (Phi) is 5.37. The summed E-state index contributed by atoms with van der Waals surface area (Å²) in [5.74, 6) is 0.430. The van der Waals surface area contributed by atoms with Crippen LogP contribution in [0.5, 0.6) is 0 Å². The maximum Gasteiger partial charge on any atom is 0.245 e. The van der Waals surface area contributed by atoms with Gasteiger partial charge in [-0.1, -0.05) is 18.6 Å². The third kappa shape index (κ3) is 4.01. The van der Waals surface area contributed by atoms with Crippen LogP contribution in [-0.2, 0) is 11.2 Å². The lowest BCUT2D eigenvalue weighted by molar-refractivity contribution is -0.125. The van der Waals surface area contributed by atoms with E-state index >= 15 is 0 Å². The molecule has 0 spiro atoms. The van der Waals surface area contributed by atoms with Crippen molar-refractivity contribution in [3.8, 4) is 0 Å². The van der Waals surface area contributed by atoms with E-state index < -0.39 is 6.04 Å². The molecule has 0 bridgehead atoms. The van der Waals surface area contributed by atoms with Crippen molar-refractivity contribution in [3.63, 3.8) is 0 Å². The van der Waals surface area contributed by atoms with Crippen LogP contribution in [0.2, 0.25) is 0 Å². The summed E-state index contributed by atoms with van der Waals surface area (Å²) >= 11 is 0. The summed E-state index contributed by atoms with van der Waals surface area (Å²) in [5, 5.41) is 14.6. The highest BCUT2D eigenvalue weighted by molar-refractivity contribution is 5.81. The van der Waals surface area contributed by atoms with Crippen LogP contribution in [0, 0.1) is 18.7 Å². The van der Waals surface area contributed by atoms with Gasteiger partial charge in [-0.25, -0.2) is 9.07 Å². The molecule has 1 aromatic heterocycles. The number of carbonyl (C=O) groups excluding carboxylic acids is 1. The van der Waals surface area contributed by atoms with Gasteiger partial charge in [0.25, 0.3) is 0 Å². The van der Waals surface area contributed by atoms with Gasteiger partial charge in [-0.2, -0.15) is 0 Å². The fraction of sp³-hybridized carbons (Fsp3) is 0.529. The summed E-state index contributed by atoms with van der Waals surface area (Å²) in [6, 6.07) is 5.63. The number of halogens is 1. The second-order valence-corrected chi connectivity index (χ2v) is 6.56. The number of rotatable bonds is 6. The molecule has 25 heavy (non-hydrogen) atoms. The Morgan fingerprint density at radius 3 is 2.80 bits per heavy atom. The van der Waals surface area contributed by atoms with E-state index in [-0.39, 0.29) is 17.8 Å². The summed E-state index contributed by atoms with van der Waals surface area (Å²) in [4.78, 5) is 12.9. The number of nitrogens with two attached hydrogens (primary N) is 1. The largest absolute Gasteiger partial charge is 0.351 e. The number of aryl methyl sites for hydroxylation is 1. The Morgan fingerprint density at radius 1 is 1.40 bits per heavy atom. The number of tetrazole rings is 1. The van der Waals surface area contributed by atoms with Gasteiger partial charge in [-0.3, -0.25) is 4.79 Å². The number of aromatic nitrogens is 4. The van der Waals surface area contributed by atoms with Gasteiger partial charge in [-0.15, -0.1) is 5.10 Å². The quantitative estimate of drug-likeness (QED) is 0.817. The predicted molar refractivity (Wildman–Crippen MR) is 90.0 cm³/mol. The number of hydrogen-bond acceptors (Lipinski definition) is 5. The third-order valence-electron chi connectivity index (χ3n) is 4.89. The van der Waals surface area contributed by atoms with Gasteiger partial charge in [0.15, 0.2) is 0 Å². The van der Waals surface area contributed by atoms with Gasteiger partial charge >= 0.3 is 0 Å². The first-order valence-corrected chi connectivity index (χ1v) is 8.58. The van der Waals surface area contributed by atoms with Crippen molar-refractivity contribution in [1.29, 1.82) is 0 Å². The zero-order valence-corrected chi connectivity index (χ0v) is 14.2. The molecule has 3 rings (SSSR count). The second-order valence-electron chi connectivity index (χ2n) is 6.56. The molecule has 1 saturated carbocycles. The molecule has 2 aromatic rings. The van der Waals surface area contributed by atoms with E-state index in [9.17, 15) is 9.18 Å². The number of benzene rings is 1. The molecule has 3 atom stereocenters. The fourth-order valence-corrected chi connectivity index (χ4v) is 3.45. The van der Waals surface area contributed by atoms with Gasteiger partial charge in [-0.05, 0) is 60.4 Å². The number of carbonyl (C=O) groups is 1. The van der Waals surface area contributed by atoms with Gasteiger partial charge in [0.2, 0.25) is 5.91 Å². The van der Waals surface area contributed by atoms with Crippen LogP contribution in [0.25, 0.3) is 0 Å². The molecule has 0 radical (unpaired) electrons. The monoisotopic (exact) mass is 346 g/mol. The molecule has 8 heteroatoms. The van der Waals surface area contributed by atoms with Crippen molar-refractivity contribution < 1.29 is 9.18 Å². The predicted octanol–water partition coefficient (Wildman–Crippen LogP) is 1.15. The van der Waals surface area contributed by atoms with Crippen molar-refractivity contribution in [1.82, 2.24) is 25.5 Å². The molecular weight excluding hydrogens is 323 g/mol. The second kappa shape index (κ2) is 7.69. The summed E-state index contributed by atoms with van der Waals surface area (Å²) in [6.45, 7) is 2.32. The molecule has 1 aromatic carbocycles. The van der Waals surface area contributed by atoms with E-state index in [1.807, 2.05) is 0 Å². The average Bonchev–Trinajstić information content (AvgIpc) is 3.23. The van der Waals surface area contributed by atoms with Crippen LogP contribution in [-0.4, -0.2) is 38.7 Å². The van der Waals surface area contributed by atoms with Crippen molar-refractivity contribution in [3.05, 3.63) is 41.5 Å². The summed E-state index contributed by atoms with van der Waals surface area (Å²) in [7, 11) is 0. The molecule has 3 unspecified atom stereocenters. The van der Waals surface area contributed by atoms with E-state index in [1.165, 1.54) is 16.8 Å². The van der Waals surface area contributed by atoms with Gasteiger partial charge in [0, 0.05) is 12.5 Å². The van der Waals surface area contributed by atoms with Crippen molar-refractivity contribution in [2.24, 2.45) is 11.7 Å². The minimum Gasteiger partial charge on any atom is -0.351 e. The Bertz CT molecular complexity index is 716. The van der Waals surface area contributed by atoms with Crippen LogP contribution in [0.15, 0.2) is 24.3 Å². The minimum atomic E-state index is -0.584. The fourth-order valence-electron chi connectivity index (χ4n) is 3.45. The van der Waals surface area contributed by atoms with Crippen LogP contribution >= 0.6 is 0 Å². The third-order valence-corrected chi connectivity index (χ3v) is 4.89. The van der Waals surface area contributed by atoms with Crippen LogP contribution < -0.4 is 11.1 Å². The first kappa shape index (κ1) is 17.5. The Hall–Kier alpha value is -2.35. The molecule has 3 N–H and O–H groups in total.